The molecule has 1 aromatic heterocycles. The molecule has 0 spiro atoms. The molecule has 3 aromatic carbocycles. The van der Waals surface area contributed by atoms with Gasteiger partial charge in [0.15, 0.2) is 6.10 Å². The molecule has 0 aliphatic carbocycles. The molecule has 0 unspecified atom stereocenters. The smallest absolute Gasteiger partial charge is 0.415 e. The maximum Gasteiger partial charge on any atom is 0.415 e. The number of amides is 2. The topological polar surface area (TPSA) is 129 Å². The van der Waals surface area contributed by atoms with Gasteiger partial charge in [0.1, 0.15) is 0 Å². The van der Waals surface area contributed by atoms with Crippen molar-refractivity contribution in [2.45, 2.75) is 50.3 Å². The van der Waals surface area contributed by atoms with Gasteiger partial charge in [-0.25, -0.2) is 18.2 Å². The lowest BCUT2D eigenvalue weighted by Crippen LogP contribution is -2.53. The molecule has 232 valence electrons. The number of hydrogen-bond acceptors (Lipinski definition) is 8. The van der Waals surface area contributed by atoms with Crippen molar-refractivity contribution < 1.29 is 27.9 Å². The number of nitrogens with one attached hydrogen (secondary N) is 1. The molecule has 4 aromatic rings. The van der Waals surface area contributed by atoms with Crippen LogP contribution in [0.5, 0.6) is 0 Å². The Morgan fingerprint density at radius 1 is 1.11 bits per heavy atom. The first-order valence-corrected chi connectivity index (χ1v) is 16.7. The fraction of sp³-hybridized carbons (Fsp3) is 0.344. The monoisotopic (exact) mass is 636 g/mol. The molecule has 1 aliphatic rings. The fourth-order valence-corrected chi connectivity index (χ4v) is 7.63. The molecule has 2 heterocycles. The number of ether oxygens (including phenoxy) is 1. The second-order valence-electron chi connectivity index (χ2n) is 11.4. The number of carbonyl (C=O) groups excluding carboxylic acids is 2. The highest BCUT2D eigenvalue weighted by Gasteiger charge is 2.39. The first-order valence-electron chi connectivity index (χ1n) is 14.4. The van der Waals surface area contributed by atoms with Gasteiger partial charge in [0.25, 0.3) is 5.91 Å². The number of sulfonamides is 1. The number of hydrogen-bond donors (Lipinski definition) is 2. The summed E-state index contributed by atoms with van der Waals surface area (Å²) in [5, 5.41) is 14.4. The SMILES string of the molecule is Cc1cccc(N2C[C@@H](C(=O)N[C@@H](Cc3ccccc3)[C@H](O)CN(CC(C)C)S(=O)(=O)c3ccc4ncsc4c3)OC2=O)c1. The Balaban J connectivity index is 1.37. The Bertz CT molecular complexity index is 1730. The summed E-state index contributed by atoms with van der Waals surface area (Å²) >= 11 is 1.35. The van der Waals surface area contributed by atoms with Gasteiger partial charge < -0.3 is 15.2 Å². The van der Waals surface area contributed by atoms with Gasteiger partial charge in [0.2, 0.25) is 10.0 Å². The van der Waals surface area contributed by atoms with Gasteiger partial charge in [0, 0.05) is 18.8 Å². The lowest BCUT2D eigenvalue weighted by atomic mass is 10.0. The highest BCUT2D eigenvalue weighted by Crippen LogP contribution is 2.26. The summed E-state index contributed by atoms with van der Waals surface area (Å²) in [6.07, 6.45) is -2.78. The van der Waals surface area contributed by atoms with Crippen molar-refractivity contribution in [1.82, 2.24) is 14.6 Å². The van der Waals surface area contributed by atoms with Crippen LogP contribution in [0.25, 0.3) is 10.2 Å². The molecular formula is C32H36N4O6S2. The van der Waals surface area contributed by atoms with Crippen LogP contribution in [-0.2, 0) is 26.0 Å². The molecule has 44 heavy (non-hydrogen) atoms. The molecule has 3 atom stereocenters. The molecule has 5 rings (SSSR count). The number of anilines is 1. The summed E-state index contributed by atoms with van der Waals surface area (Å²) in [6.45, 7) is 5.63. The Hall–Kier alpha value is -3.84. The number of fused-ring (bicyclic) bond motifs is 1. The van der Waals surface area contributed by atoms with Gasteiger partial charge in [-0.05, 0) is 60.7 Å². The quantitative estimate of drug-likeness (QED) is 0.236. The number of carbonyl (C=O) groups is 2. The Morgan fingerprint density at radius 2 is 1.89 bits per heavy atom. The van der Waals surface area contributed by atoms with E-state index in [1.807, 2.05) is 69.3 Å². The zero-order valence-corrected chi connectivity index (χ0v) is 26.4. The van der Waals surface area contributed by atoms with Crippen molar-refractivity contribution in [3.63, 3.8) is 0 Å². The molecule has 1 fully saturated rings. The van der Waals surface area contributed by atoms with E-state index < -0.39 is 40.3 Å². The summed E-state index contributed by atoms with van der Waals surface area (Å²) in [7, 11) is -4.00. The number of aryl methyl sites for hydroxylation is 1. The number of aromatic nitrogens is 1. The highest BCUT2D eigenvalue weighted by molar-refractivity contribution is 7.89. The van der Waals surface area contributed by atoms with Gasteiger partial charge in [-0.2, -0.15) is 4.31 Å². The van der Waals surface area contributed by atoms with Crippen molar-refractivity contribution in [3.05, 3.63) is 89.4 Å². The van der Waals surface area contributed by atoms with Crippen molar-refractivity contribution >= 4 is 49.3 Å². The average Bonchev–Trinajstić information content (AvgIpc) is 3.63. The van der Waals surface area contributed by atoms with Crippen molar-refractivity contribution in [2.75, 3.05) is 24.5 Å². The second kappa shape index (κ2) is 13.4. The average molecular weight is 637 g/mol. The molecule has 0 bridgehead atoms. The third-order valence-electron chi connectivity index (χ3n) is 7.41. The molecule has 1 saturated heterocycles. The minimum Gasteiger partial charge on any atom is -0.434 e. The van der Waals surface area contributed by atoms with E-state index in [9.17, 15) is 23.1 Å². The molecule has 10 nitrogen and oxygen atoms in total. The lowest BCUT2D eigenvalue weighted by Gasteiger charge is -2.31. The molecule has 2 amide bonds. The van der Waals surface area contributed by atoms with Crippen LogP contribution in [0.4, 0.5) is 10.5 Å². The first kappa shape index (κ1) is 31.6. The van der Waals surface area contributed by atoms with Gasteiger partial charge in [-0.1, -0.05) is 56.3 Å². The lowest BCUT2D eigenvalue weighted by molar-refractivity contribution is -0.129. The van der Waals surface area contributed by atoms with Gasteiger partial charge in [0.05, 0.1) is 39.3 Å². The van der Waals surface area contributed by atoms with Gasteiger partial charge >= 0.3 is 6.09 Å². The van der Waals surface area contributed by atoms with E-state index in [1.54, 1.807) is 23.7 Å². The van der Waals surface area contributed by atoms with Crippen LogP contribution in [-0.4, -0.2) is 72.7 Å². The predicted molar refractivity (Wildman–Crippen MR) is 170 cm³/mol. The van der Waals surface area contributed by atoms with Crippen LogP contribution in [0.2, 0.25) is 0 Å². The molecule has 0 saturated carbocycles. The zero-order chi connectivity index (χ0) is 31.4. The molecule has 1 aliphatic heterocycles. The number of rotatable bonds is 12. The summed E-state index contributed by atoms with van der Waals surface area (Å²) in [5.41, 5.74) is 4.80. The maximum atomic E-state index is 13.9. The standard InChI is InChI=1S/C32H36N4O6S2/c1-21(2)17-35(44(40,41)25-12-13-26-30(16-25)43-20-33-26)18-28(37)27(15-23-9-5-4-6-10-23)34-31(38)29-19-36(32(39)42-29)24-11-7-8-22(3)14-24/h4-14,16,20-21,27-29,37H,15,17-19H2,1-3H3,(H,34,38)/t27-,28+,29-/m0/s1. The normalized spacial score (nSPS) is 16.8. The van der Waals surface area contributed by atoms with Crippen molar-refractivity contribution in [3.8, 4) is 0 Å². The van der Waals surface area contributed by atoms with Crippen LogP contribution in [0.3, 0.4) is 0 Å². The Kier molecular flexibility index (Phi) is 9.64. The number of nitrogens with zero attached hydrogens (tertiary/aromatic N) is 3. The first-order chi connectivity index (χ1) is 21.0. The Labute approximate surface area is 261 Å². The zero-order valence-electron chi connectivity index (χ0n) is 24.8. The third-order valence-corrected chi connectivity index (χ3v) is 10.0. The minimum atomic E-state index is -4.00. The van der Waals surface area contributed by atoms with E-state index in [2.05, 4.69) is 10.3 Å². The second-order valence-corrected chi connectivity index (χ2v) is 14.2. The summed E-state index contributed by atoms with van der Waals surface area (Å²) in [5.74, 6) is -0.598. The van der Waals surface area contributed by atoms with Crippen LogP contribution in [0.15, 0.2) is 83.2 Å². The van der Waals surface area contributed by atoms with Gasteiger partial charge in [-0.15, -0.1) is 11.3 Å². The van der Waals surface area contributed by atoms with Crippen molar-refractivity contribution in [1.29, 1.82) is 0 Å². The fourth-order valence-electron chi connectivity index (χ4n) is 5.19. The van der Waals surface area contributed by atoms with E-state index in [0.29, 0.717) is 11.2 Å². The molecular weight excluding hydrogens is 601 g/mol. The number of aliphatic hydroxyl groups excluding tert-OH is 1. The number of thiazole rings is 1. The third kappa shape index (κ3) is 7.27. The number of benzene rings is 3. The van der Waals surface area contributed by atoms with Gasteiger partial charge in [-0.3, -0.25) is 9.69 Å². The summed E-state index contributed by atoms with van der Waals surface area (Å²) in [6, 6.07) is 20.6. The minimum absolute atomic E-state index is 0.0101. The predicted octanol–water partition coefficient (Wildman–Crippen LogP) is 4.37. The van der Waals surface area contributed by atoms with Crippen LogP contribution < -0.4 is 10.2 Å². The van der Waals surface area contributed by atoms with Crippen LogP contribution in [0.1, 0.15) is 25.0 Å². The Morgan fingerprint density at radius 3 is 2.61 bits per heavy atom. The highest BCUT2D eigenvalue weighted by atomic mass is 32.2. The van der Waals surface area contributed by atoms with E-state index in [0.717, 1.165) is 15.8 Å². The molecule has 12 heteroatoms. The number of cyclic esters (lactones) is 1. The van der Waals surface area contributed by atoms with Crippen LogP contribution >= 0.6 is 11.3 Å². The molecule has 0 radical (unpaired) electrons. The van der Waals surface area contributed by atoms with E-state index in [4.69, 9.17) is 4.74 Å². The summed E-state index contributed by atoms with van der Waals surface area (Å²) in [4.78, 5) is 31.9. The van der Waals surface area contributed by atoms with E-state index >= 15 is 0 Å². The van der Waals surface area contributed by atoms with E-state index in [-0.39, 0.29) is 36.9 Å². The largest absolute Gasteiger partial charge is 0.434 e. The molecule has 2 N–H and O–H groups in total. The maximum absolute atomic E-state index is 13.9. The van der Waals surface area contributed by atoms with Crippen LogP contribution in [0, 0.1) is 12.8 Å². The van der Waals surface area contributed by atoms with Crippen molar-refractivity contribution in [2.24, 2.45) is 5.92 Å². The summed E-state index contributed by atoms with van der Waals surface area (Å²) < 4.78 is 35.2. The number of aliphatic hydroxyl groups is 1. The van der Waals surface area contributed by atoms with E-state index in [1.165, 1.54) is 26.6 Å².